The van der Waals surface area contributed by atoms with Gasteiger partial charge in [0.25, 0.3) is 0 Å². The average Bonchev–Trinajstić information content (AvgIpc) is 2.22. The lowest BCUT2D eigenvalue weighted by molar-refractivity contribution is -0.137. The van der Waals surface area contributed by atoms with Gasteiger partial charge in [-0.15, -0.1) is 0 Å². The third-order valence-corrected chi connectivity index (χ3v) is 2.74. The van der Waals surface area contributed by atoms with Crippen LogP contribution >= 0.6 is 11.6 Å². The highest BCUT2D eigenvalue weighted by molar-refractivity contribution is 6.32. The highest BCUT2D eigenvalue weighted by Gasteiger charge is 2.08. The van der Waals surface area contributed by atoms with Crippen molar-refractivity contribution in [3.8, 4) is 5.75 Å². The van der Waals surface area contributed by atoms with Gasteiger partial charge in [0.1, 0.15) is 5.75 Å². The first-order valence-electron chi connectivity index (χ1n) is 5.09. The maximum atomic E-state index is 10.4. The molecule has 0 aromatic heterocycles. The van der Waals surface area contributed by atoms with Gasteiger partial charge in [-0.25, -0.2) is 0 Å². The van der Waals surface area contributed by atoms with Crippen LogP contribution in [0.3, 0.4) is 0 Å². The molecule has 0 aliphatic carbocycles. The summed E-state index contributed by atoms with van der Waals surface area (Å²) < 4.78 is 5.15. The topological polar surface area (TPSA) is 46.5 Å². The Morgan fingerprint density at radius 3 is 2.75 bits per heavy atom. The molecular weight excluding hydrogens is 228 g/mol. The SMILES string of the molecule is COc1cc(C)cc(CCCC(=O)O)c1Cl. The van der Waals surface area contributed by atoms with Gasteiger partial charge in [0.05, 0.1) is 12.1 Å². The number of carboxylic acids is 1. The highest BCUT2D eigenvalue weighted by atomic mass is 35.5. The van der Waals surface area contributed by atoms with Gasteiger partial charge in [-0.3, -0.25) is 4.79 Å². The van der Waals surface area contributed by atoms with E-state index >= 15 is 0 Å². The summed E-state index contributed by atoms with van der Waals surface area (Å²) in [6.07, 6.45) is 1.40. The van der Waals surface area contributed by atoms with Crippen LogP contribution in [-0.4, -0.2) is 18.2 Å². The summed E-state index contributed by atoms with van der Waals surface area (Å²) in [6, 6.07) is 3.83. The first kappa shape index (κ1) is 12.8. The molecule has 3 nitrogen and oxygen atoms in total. The summed E-state index contributed by atoms with van der Waals surface area (Å²) in [6.45, 7) is 1.96. The Morgan fingerprint density at radius 2 is 2.19 bits per heavy atom. The molecule has 1 N–H and O–H groups in total. The average molecular weight is 243 g/mol. The largest absolute Gasteiger partial charge is 0.495 e. The number of halogens is 1. The summed E-state index contributed by atoms with van der Waals surface area (Å²) in [5.74, 6) is -0.136. The van der Waals surface area contributed by atoms with Crippen LogP contribution in [0, 0.1) is 6.92 Å². The Labute approximate surface area is 100.0 Å². The third-order valence-electron chi connectivity index (χ3n) is 2.32. The highest BCUT2D eigenvalue weighted by Crippen LogP contribution is 2.30. The lowest BCUT2D eigenvalue weighted by atomic mass is 10.0. The van der Waals surface area contributed by atoms with Crippen molar-refractivity contribution in [2.45, 2.75) is 26.2 Å². The number of ether oxygens (including phenoxy) is 1. The maximum absolute atomic E-state index is 10.4. The minimum Gasteiger partial charge on any atom is -0.495 e. The van der Waals surface area contributed by atoms with E-state index < -0.39 is 5.97 Å². The maximum Gasteiger partial charge on any atom is 0.303 e. The van der Waals surface area contributed by atoms with Crippen molar-refractivity contribution in [3.63, 3.8) is 0 Å². The lowest BCUT2D eigenvalue weighted by Crippen LogP contribution is -1.97. The Bertz CT molecular complexity index is 388. The number of carboxylic acid groups (broad SMARTS) is 1. The second-order valence-corrected chi connectivity index (χ2v) is 4.07. The fourth-order valence-electron chi connectivity index (χ4n) is 1.57. The molecule has 16 heavy (non-hydrogen) atoms. The Morgan fingerprint density at radius 1 is 1.50 bits per heavy atom. The number of methoxy groups -OCH3 is 1. The van der Waals surface area contributed by atoms with E-state index in [2.05, 4.69) is 0 Å². The monoisotopic (exact) mass is 242 g/mol. The van der Waals surface area contributed by atoms with Gasteiger partial charge < -0.3 is 9.84 Å². The molecule has 0 heterocycles. The fourth-order valence-corrected chi connectivity index (χ4v) is 1.85. The van der Waals surface area contributed by atoms with E-state index in [4.69, 9.17) is 21.4 Å². The number of benzene rings is 1. The third kappa shape index (κ3) is 3.42. The predicted octanol–water partition coefficient (Wildman–Crippen LogP) is 3.06. The molecule has 0 spiro atoms. The zero-order chi connectivity index (χ0) is 12.1. The van der Waals surface area contributed by atoms with E-state index in [1.165, 1.54) is 0 Å². The molecule has 1 aromatic rings. The van der Waals surface area contributed by atoms with Crippen LogP contribution in [0.15, 0.2) is 12.1 Å². The van der Waals surface area contributed by atoms with Crippen molar-refractivity contribution in [2.75, 3.05) is 7.11 Å². The van der Waals surface area contributed by atoms with E-state index in [1.54, 1.807) is 7.11 Å². The summed E-state index contributed by atoms with van der Waals surface area (Å²) in [5.41, 5.74) is 2.01. The van der Waals surface area contributed by atoms with Crippen molar-refractivity contribution in [1.29, 1.82) is 0 Å². The molecule has 0 unspecified atom stereocenters. The van der Waals surface area contributed by atoms with Gasteiger partial charge in [-0.1, -0.05) is 17.7 Å². The van der Waals surface area contributed by atoms with Crippen LogP contribution in [0.5, 0.6) is 5.75 Å². The van der Waals surface area contributed by atoms with Crippen LogP contribution < -0.4 is 4.74 Å². The summed E-state index contributed by atoms with van der Waals surface area (Å²) in [7, 11) is 1.57. The molecule has 0 atom stereocenters. The molecule has 0 aliphatic heterocycles. The van der Waals surface area contributed by atoms with Gasteiger partial charge in [-0.05, 0) is 37.0 Å². The molecule has 0 saturated carbocycles. The zero-order valence-electron chi connectivity index (χ0n) is 9.42. The quantitative estimate of drug-likeness (QED) is 0.863. The van der Waals surface area contributed by atoms with Gasteiger partial charge in [0, 0.05) is 6.42 Å². The zero-order valence-corrected chi connectivity index (χ0v) is 10.2. The lowest BCUT2D eigenvalue weighted by Gasteiger charge is -2.09. The molecule has 0 bridgehead atoms. The first-order chi connectivity index (χ1) is 7.54. The van der Waals surface area contributed by atoms with Crippen molar-refractivity contribution < 1.29 is 14.6 Å². The van der Waals surface area contributed by atoms with Gasteiger partial charge in [0.15, 0.2) is 0 Å². The summed E-state index contributed by atoms with van der Waals surface area (Å²) in [4.78, 5) is 10.4. The van der Waals surface area contributed by atoms with Crippen molar-refractivity contribution in [1.82, 2.24) is 0 Å². The van der Waals surface area contributed by atoms with E-state index in [0.29, 0.717) is 23.6 Å². The van der Waals surface area contributed by atoms with E-state index in [0.717, 1.165) is 11.1 Å². The molecule has 0 fully saturated rings. The summed E-state index contributed by atoms with van der Waals surface area (Å²) >= 11 is 6.12. The molecule has 88 valence electrons. The van der Waals surface area contributed by atoms with Crippen LogP contribution in [0.25, 0.3) is 0 Å². The number of carbonyl (C=O) groups is 1. The normalized spacial score (nSPS) is 10.2. The Kier molecular flexibility index (Phi) is 4.62. The number of hydrogen-bond acceptors (Lipinski definition) is 2. The fraction of sp³-hybridized carbons (Fsp3) is 0.417. The molecular formula is C12H15ClO3. The predicted molar refractivity (Wildman–Crippen MR) is 63.3 cm³/mol. The van der Waals surface area contributed by atoms with Gasteiger partial charge in [-0.2, -0.15) is 0 Å². The number of aryl methyl sites for hydroxylation is 2. The molecule has 0 radical (unpaired) electrons. The van der Waals surface area contributed by atoms with Crippen LogP contribution in [-0.2, 0) is 11.2 Å². The molecule has 1 rings (SSSR count). The number of aliphatic carboxylic acids is 1. The Balaban J connectivity index is 2.78. The molecule has 0 amide bonds. The molecule has 0 saturated heterocycles. The van der Waals surface area contributed by atoms with Crippen LogP contribution in [0.4, 0.5) is 0 Å². The van der Waals surface area contributed by atoms with Crippen molar-refractivity contribution in [2.24, 2.45) is 0 Å². The van der Waals surface area contributed by atoms with Crippen LogP contribution in [0.2, 0.25) is 5.02 Å². The van der Waals surface area contributed by atoms with Gasteiger partial charge in [0.2, 0.25) is 0 Å². The van der Waals surface area contributed by atoms with E-state index in [-0.39, 0.29) is 6.42 Å². The van der Waals surface area contributed by atoms with Crippen molar-refractivity contribution in [3.05, 3.63) is 28.3 Å². The first-order valence-corrected chi connectivity index (χ1v) is 5.47. The van der Waals surface area contributed by atoms with Gasteiger partial charge >= 0.3 is 5.97 Å². The van der Waals surface area contributed by atoms with Crippen LogP contribution in [0.1, 0.15) is 24.0 Å². The minimum atomic E-state index is -0.782. The van der Waals surface area contributed by atoms with E-state index in [9.17, 15) is 4.79 Å². The number of hydrogen-bond donors (Lipinski definition) is 1. The van der Waals surface area contributed by atoms with Crippen molar-refractivity contribution >= 4 is 17.6 Å². The molecule has 0 aliphatic rings. The molecule has 4 heteroatoms. The van der Waals surface area contributed by atoms with E-state index in [1.807, 2.05) is 19.1 Å². The molecule has 1 aromatic carbocycles. The standard InChI is InChI=1S/C12H15ClO3/c1-8-6-9(4-3-5-11(14)15)12(13)10(7-8)16-2/h6-7H,3-5H2,1-2H3,(H,14,15). The smallest absolute Gasteiger partial charge is 0.303 e. The minimum absolute atomic E-state index is 0.159. The second-order valence-electron chi connectivity index (χ2n) is 3.69. The second kappa shape index (κ2) is 5.75. The number of rotatable bonds is 5. The summed E-state index contributed by atoms with van der Waals surface area (Å²) in [5, 5.41) is 9.14. The Hall–Kier alpha value is -1.22.